The Hall–Kier alpha value is -1.10. The molecule has 68 valence electrons. The van der Waals surface area contributed by atoms with Crippen LogP contribution in [0.25, 0.3) is 0 Å². The number of carbonyl (C=O) groups is 2. The maximum atomic E-state index is 11.2. The number of rotatable bonds is 3. The minimum atomic E-state index is -1.08. The molecule has 0 aliphatic carbocycles. The molecule has 0 aromatic heterocycles. The maximum Gasteiger partial charge on any atom is 0.322 e. The number of hydrogen-bond donors (Lipinski definition) is 3. The third-order valence-electron chi connectivity index (χ3n) is 1.96. The second kappa shape index (κ2) is 3.10. The average molecular weight is 172 g/mol. The summed E-state index contributed by atoms with van der Waals surface area (Å²) in [6, 6.07) is -0.525. The summed E-state index contributed by atoms with van der Waals surface area (Å²) in [5, 5.41) is 13.5. The Morgan fingerprint density at radius 3 is 2.50 bits per heavy atom. The summed E-state index contributed by atoms with van der Waals surface area (Å²) < 4.78 is 0. The van der Waals surface area contributed by atoms with Crippen LogP contribution in [-0.4, -0.2) is 29.2 Å². The van der Waals surface area contributed by atoms with Crippen molar-refractivity contribution in [3.8, 4) is 0 Å². The molecule has 3 N–H and O–H groups in total. The van der Waals surface area contributed by atoms with Gasteiger partial charge in [0, 0.05) is 0 Å². The summed E-state index contributed by atoms with van der Waals surface area (Å²) in [6.45, 7) is 1.54. The van der Waals surface area contributed by atoms with E-state index in [0.717, 1.165) is 6.42 Å². The first kappa shape index (κ1) is 8.99. The van der Waals surface area contributed by atoms with Gasteiger partial charge < -0.3 is 10.4 Å². The van der Waals surface area contributed by atoms with Crippen molar-refractivity contribution in [2.45, 2.75) is 25.3 Å². The maximum absolute atomic E-state index is 11.2. The molecule has 5 nitrogen and oxygen atoms in total. The molecular formula is C7H12N2O3. The van der Waals surface area contributed by atoms with Crippen LogP contribution < -0.4 is 10.6 Å². The van der Waals surface area contributed by atoms with Crippen LogP contribution in [0.15, 0.2) is 0 Å². The van der Waals surface area contributed by atoms with Crippen LogP contribution in [0.1, 0.15) is 19.8 Å². The summed E-state index contributed by atoms with van der Waals surface area (Å²) in [4.78, 5) is 21.9. The molecule has 0 saturated carbocycles. The van der Waals surface area contributed by atoms with Crippen molar-refractivity contribution in [2.75, 3.05) is 6.61 Å². The first-order valence-electron chi connectivity index (χ1n) is 3.89. The van der Waals surface area contributed by atoms with Crippen molar-refractivity contribution in [1.29, 1.82) is 0 Å². The summed E-state index contributed by atoms with van der Waals surface area (Å²) >= 11 is 0. The van der Waals surface area contributed by atoms with Gasteiger partial charge >= 0.3 is 6.03 Å². The highest BCUT2D eigenvalue weighted by molar-refractivity contribution is 6.07. The molecule has 0 radical (unpaired) electrons. The second-order valence-corrected chi connectivity index (χ2v) is 2.90. The van der Waals surface area contributed by atoms with E-state index in [9.17, 15) is 9.59 Å². The Bertz CT molecular complexity index is 217. The molecule has 1 saturated heterocycles. The van der Waals surface area contributed by atoms with Crippen LogP contribution in [-0.2, 0) is 4.79 Å². The van der Waals surface area contributed by atoms with Crippen molar-refractivity contribution in [2.24, 2.45) is 0 Å². The number of imide groups is 1. The Morgan fingerprint density at radius 2 is 2.17 bits per heavy atom. The fourth-order valence-electron chi connectivity index (χ4n) is 1.32. The Balaban J connectivity index is 2.78. The van der Waals surface area contributed by atoms with E-state index < -0.39 is 17.5 Å². The number of amides is 3. The van der Waals surface area contributed by atoms with E-state index in [1.807, 2.05) is 6.92 Å². The fourth-order valence-corrected chi connectivity index (χ4v) is 1.32. The Labute approximate surface area is 70.1 Å². The van der Waals surface area contributed by atoms with E-state index in [1.54, 1.807) is 0 Å². The quantitative estimate of drug-likeness (QED) is 0.495. The predicted octanol–water partition coefficient (Wildman–Crippen LogP) is -0.643. The van der Waals surface area contributed by atoms with E-state index in [1.165, 1.54) is 0 Å². The normalized spacial score (nSPS) is 28.5. The predicted molar refractivity (Wildman–Crippen MR) is 41.4 cm³/mol. The number of hydrogen-bond acceptors (Lipinski definition) is 3. The van der Waals surface area contributed by atoms with Gasteiger partial charge in [-0.2, -0.15) is 0 Å². The van der Waals surface area contributed by atoms with E-state index in [-0.39, 0.29) is 6.61 Å². The minimum Gasteiger partial charge on any atom is -0.393 e. The van der Waals surface area contributed by atoms with Gasteiger partial charge in [-0.05, 0) is 6.42 Å². The van der Waals surface area contributed by atoms with Gasteiger partial charge in [0.25, 0.3) is 5.91 Å². The van der Waals surface area contributed by atoms with Gasteiger partial charge in [-0.1, -0.05) is 13.3 Å². The minimum absolute atomic E-state index is 0.349. The van der Waals surface area contributed by atoms with Gasteiger partial charge in [0.15, 0.2) is 0 Å². The largest absolute Gasteiger partial charge is 0.393 e. The molecule has 1 unspecified atom stereocenters. The third kappa shape index (κ3) is 1.27. The van der Waals surface area contributed by atoms with Crippen LogP contribution >= 0.6 is 0 Å². The van der Waals surface area contributed by atoms with Gasteiger partial charge in [-0.25, -0.2) is 4.79 Å². The van der Waals surface area contributed by atoms with Crippen molar-refractivity contribution in [3.05, 3.63) is 0 Å². The zero-order chi connectivity index (χ0) is 9.19. The van der Waals surface area contributed by atoms with Gasteiger partial charge in [-0.3, -0.25) is 10.1 Å². The molecular weight excluding hydrogens is 160 g/mol. The van der Waals surface area contributed by atoms with Crippen LogP contribution in [0.5, 0.6) is 0 Å². The number of aliphatic hydroxyl groups is 1. The van der Waals surface area contributed by atoms with Crippen molar-refractivity contribution in [3.63, 3.8) is 0 Å². The number of urea groups is 1. The topological polar surface area (TPSA) is 78.4 Å². The van der Waals surface area contributed by atoms with Gasteiger partial charge in [-0.15, -0.1) is 0 Å². The molecule has 0 bridgehead atoms. The summed E-state index contributed by atoms with van der Waals surface area (Å²) in [6.07, 6.45) is 1.19. The SMILES string of the molecule is CCCC1(CO)NC(=O)NC1=O. The number of nitrogens with one attached hydrogen (secondary N) is 2. The van der Waals surface area contributed by atoms with Crippen molar-refractivity contribution >= 4 is 11.9 Å². The van der Waals surface area contributed by atoms with E-state index >= 15 is 0 Å². The highest BCUT2D eigenvalue weighted by Crippen LogP contribution is 2.16. The molecule has 5 heteroatoms. The zero-order valence-electron chi connectivity index (χ0n) is 6.89. The number of aliphatic hydroxyl groups excluding tert-OH is 1. The molecule has 1 rings (SSSR count). The van der Waals surface area contributed by atoms with E-state index in [0.29, 0.717) is 6.42 Å². The molecule has 1 atom stereocenters. The fraction of sp³-hybridized carbons (Fsp3) is 0.714. The van der Waals surface area contributed by atoms with Crippen LogP contribution in [0.2, 0.25) is 0 Å². The lowest BCUT2D eigenvalue weighted by atomic mass is 9.95. The molecule has 0 spiro atoms. The van der Waals surface area contributed by atoms with E-state index in [4.69, 9.17) is 5.11 Å². The Morgan fingerprint density at radius 1 is 1.50 bits per heavy atom. The van der Waals surface area contributed by atoms with Crippen LogP contribution in [0, 0.1) is 0 Å². The highest BCUT2D eigenvalue weighted by atomic mass is 16.3. The molecule has 3 amide bonds. The van der Waals surface area contributed by atoms with Crippen LogP contribution in [0.4, 0.5) is 4.79 Å². The molecule has 1 aliphatic rings. The summed E-state index contributed by atoms with van der Waals surface area (Å²) in [5.41, 5.74) is -1.08. The standard InChI is InChI=1S/C7H12N2O3/c1-2-3-7(4-10)5(11)8-6(12)9-7/h10H,2-4H2,1H3,(H2,8,9,11,12). The molecule has 0 aromatic carbocycles. The van der Waals surface area contributed by atoms with Gasteiger partial charge in [0.2, 0.25) is 0 Å². The molecule has 12 heavy (non-hydrogen) atoms. The lowest BCUT2D eigenvalue weighted by molar-refractivity contribution is -0.125. The van der Waals surface area contributed by atoms with Crippen LogP contribution in [0.3, 0.4) is 0 Å². The molecule has 1 heterocycles. The monoisotopic (exact) mass is 172 g/mol. The van der Waals surface area contributed by atoms with Gasteiger partial charge in [0.1, 0.15) is 5.54 Å². The second-order valence-electron chi connectivity index (χ2n) is 2.90. The van der Waals surface area contributed by atoms with Crippen molar-refractivity contribution in [1.82, 2.24) is 10.6 Å². The zero-order valence-corrected chi connectivity index (χ0v) is 6.89. The highest BCUT2D eigenvalue weighted by Gasteiger charge is 2.44. The van der Waals surface area contributed by atoms with Crippen molar-refractivity contribution < 1.29 is 14.7 Å². The van der Waals surface area contributed by atoms with E-state index in [2.05, 4.69) is 10.6 Å². The number of carbonyl (C=O) groups excluding carboxylic acids is 2. The summed E-state index contributed by atoms with van der Waals surface area (Å²) in [5.74, 6) is -0.433. The van der Waals surface area contributed by atoms with Gasteiger partial charge in [0.05, 0.1) is 6.61 Å². The lowest BCUT2D eigenvalue weighted by Gasteiger charge is -2.21. The first-order valence-corrected chi connectivity index (χ1v) is 3.89. The summed E-state index contributed by atoms with van der Waals surface area (Å²) in [7, 11) is 0. The first-order chi connectivity index (χ1) is 5.64. The average Bonchev–Trinajstić information content (AvgIpc) is 2.28. The Kier molecular flexibility index (Phi) is 2.32. The molecule has 0 aromatic rings. The molecule has 1 fully saturated rings. The lowest BCUT2D eigenvalue weighted by Crippen LogP contribution is -2.50. The smallest absolute Gasteiger partial charge is 0.322 e. The third-order valence-corrected chi connectivity index (χ3v) is 1.96. The molecule has 1 aliphatic heterocycles.